The Bertz CT molecular complexity index is 243. The summed E-state index contributed by atoms with van der Waals surface area (Å²) < 4.78 is 0. The largest absolute Gasteiger partial charge is 0.300 e. The molecule has 1 fully saturated rings. The van der Waals surface area contributed by atoms with Crippen LogP contribution in [-0.4, -0.2) is 23.6 Å². The van der Waals surface area contributed by atoms with Gasteiger partial charge in [-0.15, -0.1) is 0 Å². The first kappa shape index (κ1) is 14.9. The van der Waals surface area contributed by atoms with Crippen LogP contribution >= 0.6 is 11.8 Å². The van der Waals surface area contributed by atoms with Crippen LogP contribution in [-0.2, 0) is 0 Å². The Kier molecular flexibility index (Phi) is 6.99. The van der Waals surface area contributed by atoms with E-state index >= 15 is 0 Å². The minimum Gasteiger partial charge on any atom is -0.300 e. The third-order valence-electron chi connectivity index (χ3n) is 3.61. The summed E-state index contributed by atoms with van der Waals surface area (Å²) in [5.41, 5.74) is -0.317. The van der Waals surface area contributed by atoms with E-state index in [1.165, 1.54) is 37.2 Å². The minimum atomic E-state index is -0.317. The molecule has 1 N–H and O–H groups in total. The summed E-state index contributed by atoms with van der Waals surface area (Å²) in [5, 5.41) is 12.4. The Hall–Kier alpha value is -0.200. The van der Waals surface area contributed by atoms with Gasteiger partial charge in [0.15, 0.2) is 0 Å². The maximum Gasteiger partial charge on any atom is 0.103 e. The van der Waals surface area contributed by atoms with Crippen molar-refractivity contribution >= 4 is 11.8 Å². The predicted octanol–water partition coefficient (Wildman–Crippen LogP) is 3.58. The molecule has 0 aromatic rings. The zero-order valence-electron chi connectivity index (χ0n) is 11.3. The van der Waals surface area contributed by atoms with Crippen LogP contribution in [0.5, 0.6) is 0 Å². The zero-order valence-corrected chi connectivity index (χ0v) is 12.1. The first-order chi connectivity index (χ1) is 8.20. The van der Waals surface area contributed by atoms with Gasteiger partial charge in [-0.05, 0) is 56.6 Å². The Morgan fingerprint density at radius 1 is 1.41 bits per heavy atom. The molecule has 1 unspecified atom stereocenters. The van der Waals surface area contributed by atoms with E-state index in [4.69, 9.17) is 5.26 Å². The van der Waals surface area contributed by atoms with Crippen LogP contribution in [0.25, 0.3) is 0 Å². The second-order valence-corrected chi connectivity index (χ2v) is 6.45. The highest BCUT2D eigenvalue weighted by Gasteiger charge is 2.21. The van der Waals surface area contributed by atoms with Gasteiger partial charge < -0.3 is 0 Å². The molecule has 1 aliphatic rings. The van der Waals surface area contributed by atoms with E-state index in [-0.39, 0.29) is 5.54 Å². The highest BCUT2D eigenvalue weighted by Crippen LogP contribution is 2.28. The van der Waals surface area contributed by atoms with Crippen molar-refractivity contribution in [3.05, 3.63) is 0 Å². The van der Waals surface area contributed by atoms with Crippen LogP contribution in [0.2, 0.25) is 0 Å². The van der Waals surface area contributed by atoms with Crippen molar-refractivity contribution in [3.8, 4) is 6.07 Å². The molecule has 2 nitrogen and oxygen atoms in total. The maximum absolute atomic E-state index is 9.13. The fourth-order valence-corrected chi connectivity index (χ4v) is 3.71. The van der Waals surface area contributed by atoms with Gasteiger partial charge in [-0.2, -0.15) is 17.0 Å². The average molecular weight is 254 g/mol. The van der Waals surface area contributed by atoms with Crippen molar-refractivity contribution in [1.82, 2.24) is 5.32 Å². The average Bonchev–Trinajstić information content (AvgIpc) is 2.82. The Morgan fingerprint density at radius 2 is 2.12 bits per heavy atom. The lowest BCUT2D eigenvalue weighted by atomic mass is 9.98. The standard InChI is InChI=1S/C14H26N2S/c1-3-16-14(2,12-15)9-6-10-17-11-13-7-4-5-8-13/h13,16H,3-11H2,1-2H3. The van der Waals surface area contributed by atoms with Crippen molar-refractivity contribution in [2.45, 2.75) is 57.9 Å². The van der Waals surface area contributed by atoms with E-state index in [2.05, 4.69) is 30.1 Å². The molecule has 0 saturated heterocycles. The lowest BCUT2D eigenvalue weighted by Crippen LogP contribution is -2.40. The summed E-state index contributed by atoms with van der Waals surface area (Å²) in [5.74, 6) is 3.53. The van der Waals surface area contributed by atoms with Crippen LogP contribution in [0.4, 0.5) is 0 Å². The van der Waals surface area contributed by atoms with Gasteiger partial charge in [0.1, 0.15) is 5.54 Å². The lowest BCUT2D eigenvalue weighted by Gasteiger charge is -2.22. The molecule has 0 radical (unpaired) electrons. The van der Waals surface area contributed by atoms with Crippen molar-refractivity contribution in [2.24, 2.45) is 5.92 Å². The monoisotopic (exact) mass is 254 g/mol. The van der Waals surface area contributed by atoms with Gasteiger partial charge in [-0.25, -0.2) is 0 Å². The Morgan fingerprint density at radius 3 is 2.71 bits per heavy atom. The van der Waals surface area contributed by atoms with E-state index in [9.17, 15) is 0 Å². The molecule has 98 valence electrons. The van der Waals surface area contributed by atoms with Crippen LogP contribution in [0.1, 0.15) is 52.4 Å². The van der Waals surface area contributed by atoms with Crippen LogP contribution in [0.15, 0.2) is 0 Å². The molecule has 0 aliphatic heterocycles. The minimum absolute atomic E-state index is 0.317. The molecule has 1 aliphatic carbocycles. The second kappa shape index (κ2) is 8.00. The first-order valence-corrected chi connectivity index (χ1v) is 8.09. The molecule has 0 spiro atoms. The number of hydrogen-bond donors (Lipinski definition) is 1. The second-order valence-electron chi connectivity index (χ2n) is 5.30. The van der Waals surface area contributed by atoms with E-state index < -0.39 is 0 Å². The number of thioether (sulfide) groups is 1. The van der Waals surface area contributed by atoms with Crippen molar-refractivity contribution in [3.63, 3.8) is 0 Å². The number of nitriles is 1. The van der Waals surface area contributed by atoms with E-state index in [1.54, 1.807) is 0 Å². The molecule has 0 heterocycles. The van der Waals surface area contributed by atoms with Crippen LogP contribution in [0.3, 0.4) is 0 Å². The predicted molar refractivity (Wildman–Crippen MR) is 76.2 cm³/mol. The van der Waals surface area contributed by atoms with Crippen molar-refractivity contribution in [1.29, 1.82) is 5.26 Å². The lowest BCUT2D eigenvalue weighted by molar-refractivity contribution is 0.426. The topological polar surface area (TPSA) is 35.8 Å². The van der Waals surface area contributed by atoms with Crippen molar-refractivity contribution in [2.75, 3.05) is 18.1 Å². The first-order valence-electron chi connectivity index (χ1n) is 6.94. The number of rotatable bonds is 8. The molecule has 1 rings (SSSR count). The third-order valence-corrected chi connectivity index (χ3v) is 4.89. The SMILES string of the molecule is CCNC(C)(C#N)CCCSCC1CCCC1. The van der Waals surface area contributed by atoms with Gasteiger partial charge >= 0.3 is 0 Å². The number of nitrogens with zero attached hydrogens (tertiary/aromatic N) is 1. The summed E-state index contributed by atoms with van der Waals surface area (Å²) in [7, 11) is 0. The van der Waals surface area contributed by atoms with Crippen molar-refractivity contribution < 1.29 is 0 Å². The van der Waals surface area contributed by atoms with Crippen LogP contribution < -0.4 is 5.32 Å². The third kappa shape index (κ3) is 5.79. The van der Waals surface area contributed by atoms with Gasteiger partial charge in [0.2, 0.25) is 0 Å². The highest BCUT2D eigenvalue weighted by molar-refractivity contribution is 7.99. The van der Waals surface area contributed by atoms with Gasteiger partial charge in [0, 0.05) is 0 Å². The molecule has 0 aromatic heterocycles. The molecule has 1 atom stereocenters. The van der Waals surface area contributed by atoms with E-state index in [1.807, 2.05) is 6.92 Å². The highest BCUT2D eigenvalue weighted by atomic mass is 32.2. The molecular formula is C14H26N2S. The fourth-order valence-electron chi connectivity index (χ4n) is 2.53. The molecule has 0 amide bonds. The number of nitrogens with one attached hydrogen (secondary N) is 1. The normalized spacial score (nSPS) is 20.1. The zero-order chi connectivity index (χ0) is 12.6. The van der Waals surface area contributed by atoms with Gasteiger partial charge in [-0.1, -0.05) is 19.8 Å². The molecule has 1 saturated carbocycles. The molecule has 17 heavy (non-hydrogen) atoms. The summed E-state index contributed by atoms with van der Waals surface area (Å²) in [6, 6.07) is 2.39. The summed E-state index contributed by atoms with van der Waals surface area (Å²) in [4.78, 5) is 0. The summed E-state index contributed by atoms with van der Waals surface area (Å²) in [6.45, 7) is 4.95. The molecule has 0 aromatic carbocycles. The summed E-state index contributed by atoms with van der Waals surface area (Å²) in [6.07, 6.45) is 7.89. The maximum atomic E-state index is 9.13. The van der Waals surface area contributed by atoms with Gasteiger partial charge in [0.25, 0.3) is 0 Å². The van der Waals surface area contributed by atoms with E-state index in [0.717, 1.165) is 25.3 Å². The van der Waals surface area contributed by atoms with Crippen LogP contribution in [0, 0.1) is 17.2 Å². The van der Waals surface area contributed by atoms with E-state index in [0.29, 0.717) is 0 Å². The molecule has 3 heteroatoms. The fraction of sp³-hybridized carbons (Fsp3) is 0.929. The number of hydrogen-bond acceptors (Lipinski definition) is 3. The smallest absolute Gasteiger partial charge is 0.103 e. The Balaban J connectivity index is 2.04. The van der Waals surface area contributed by atoms with Gasteiger partial charge in [-0.3, -0.25) is 5.32 Å². The quantitative estimate of drug-likeness (QED) is 0.673. The molecule has 0 bridgehead atoms. The Labute approximate surface area is 111 Å². The van der Waals surface area contributed by atoms with Gasteiger partial charge in [0.05, 0.1) is 6.07 Å². The molecular weight excluding hydrogens is 228 g/mol. The summed E-state index contributed by atoms with van der Waals surface area (Å²) >= 11 is 2.08.